The van der Waals surface area contributed by atoms with Gasteiger partial charge in [-0.2, -0.15) is 5.10 Å². The van der Waals surface area contributed by atoms with E-state index in [1.165, 1.54) is 13.3 Å². The number of methoxy groups -OCH3 is 1. The molecule has 0 fully saturated rings. The van der Waals surface area contributed by atoms with Crippen LogP contribution in [0.2, 0.25) is 0 Å². The second-order valence-corrected chi connectivity index (χ2v) is 9.49. The molecule has 0 saturated heterocycles. The van der Waals surface area contributed by atoms with Gasteiger partial charge in [-0.15, -0.1) is 0 Å². The molecular formula is C28H22Br2N2O5. The van der Waals surface area contributed by atoms with Gasteiger partial charge in [-0.1, -0.05) is 52.3 Å². The van der Waals surface area contributed by atoms with Crippen LogP contribution in [0.5, 0.6) is 17.2 Å². The molecule has 0 aliphatic rings. The fourth-order valence-electron chi connectivity index (χ4n) is 3.66. The van der Waals surface area contributed by atoms with Gasteiger partial charge in [0.1, 0.15) is 5.75 Å². The zero-order valence-electron chi connectivity index (χ0n) is 20.0. The number of esters is 1. The Balaban J connectivity index is 1.56. The normalized spacial score (nSPS) is 10.9. The third-order valence-electron chi connectivity index (χ3n) is 5.32. The van der Waals surface area contributed by atoms with Gasteiger partial charge >= 0.3 is 5.97 Å². The molecule has 1 N–H and O–H groups in total. The van der Waals surface area contributed by atoms with E-state index < -0.39 is 11.9 Å². The Morgan fingerprint density at radius 2 is 1.73 bits per heavy atom. The Morgan fingerprint density at radius 3 is 2.51 bits per heavy atom. The van der Waals surface area contributed by atoms with Crippen LogP contribution in [-0.4, -0.2) is 31.8 Å². The number of halogens is 2. The van der Waals surface area contributed by atoms with Crippen molar-refractivity contribution in [3.63, 3.8) is 0 Å². The van der Waals surface area contributed by atoms with E-state index in [4.69, 9.17) is 14.2 Å². The van der Waals surface area contributed by atoms with Gasteiger partial charge in [0, 0.05) is 4.47 Å². The highest BCUT2D eigenvalue weighted by molar-refractivity contribution is 9.10. The standard InChI is InChI=1S/C28H22Br2N2O5/c1-3-36-25-14-17(16-31-32-27(33)22-15-19(29)11-12-24(22)35-2)13-23(30)26(25)37-28(34)21-10-6-8-18-7-4-5-9-20(18)21/h4-16H,3H2,1-2H3,(H,32,33)/b31-16-. The lowest BCUT2D eigenvalue weighted by Gasteiger charge is -2.14. The lowest BCUT2D eigenvalue weighted by Crippen LogP contribution is -2.18. The predicted octanol–water partition coefficient (Wildman–Crippen LogP) is 6.76. The van der Waals surface area contributed by atoms with Crippen molar-refractivity contribution in [1.29, 1.82) is 0 Å². The van der Waals surface area contributed by atoms with Crippen molar-refractivity contribution >= 4 is 60.7 Å². The average Bonchev–Trinajstić information content (AvgIpc) is 2.90. The van der Waals surface area contributed by atoms with Crippen LogP contribution in [0, 0.1) is 0 Å². The number of hydrazone groups is 1. The molecule has 0 aliphatic heterocycles. The molecular weight excluding hydrogens is 604 g/mol. The number of carbonyl (C=O) groups excluding carboxylic acids is 2. The van der Waals surface area contributed by atoms with Crippen LogP contribution in [0.25, 0.3) is 10.8 Å². The van der Waals surface area contributed by atoms with Crippen LogP contribution < -0.4 is 19.6 Å². The number of nitrogens with zero attached hydrogens (tertiary/aromatic N) is 1. The zero-order valence-corrected chi connectivity index (χ0v) is 23.1. The van der Waals surface area contributed by atoms with Crippen LogP contribution in [0.4, 0.5) is 0 Å². The molecule has 0 aliphatic carbocycles. The first kappa shape index (κ1) is 26.4. The molecule has 0 saturated carbocycles. The first-order chi connectivity index (χ1) is 17.9. The van der Waals surface area contributed by atoms with E-state index in [1.54, 1.807) is 36.4 Å². The second-order valence-electron chi connectivity index (χ2n) is 7.72. The van der Waals surface area contributed by atoms with Crippen molar-refractivity contribution in [2.24, 2.45) is 5.10 Å². The van der Waals surface area contributed by atoms with Gasteiger partial charge in [0.2, 0.25) is 0 Å². The van der Waals surface area contributed by atoms with E-state index >= 15 is 0 Å². The summed E-state index contributed by atoms with van der Waals surface area (Å²) in [5.41, 5.74) is 3.89. The Labute approximate surface area is 230 Å². The fourth-order valence-corrected chi connectivity index (χ4v) is 4.56. The molecule has 0 radical (unpaired) electrons. The van der Waals surface area contributed by atoms with Crippen molar-refractivity contribution in [3.05, 3.63) is 98.4 Å². The number of hydrogen-bond donors (Lipinski definition) is 1. The summed E-state index contributed by atoms with van der Waals surface area (Å²) in [7, 11) is 1.49. The van der Waals surface area contributed by atoms with Gasteiger partial charge in [0.15, 0.2) is 11.5 Å². The number of amides is 1. The minimum Gasteiger partial charge on any atom is -0.496 e. The fraction of sp³-hybridized carbons (Fsp3) is 0.107. The number of rotatable bonds is 8. The third kappa shape index (κ3) is 6.18. The number of carbonyl (C=O) groups is 2. The Bertz CT molecular complexity index is 1500. The molecule has 4 rings (SSSR count). The van der Waals surface area contributed by atoms with Gasteiger partial charge in [0.25, 0.3) is 5.91 Å². The Kier molecular flexibility index (Phi) is 8.58. The molecule has 0 bridgehead atoms. The molecule has 0 heterocycles. The van der Waals surface area contributed by atoms with Gasteiger partial charge < -0.3 is 14.2 Å². The van der Waals surface area contributed by atoms with Crippen molar-refractivity contribution in [1.82, 2.24) is 5.43 Å². The summed E-state index contributed by atoms with van der Waals surface area (Å²) in [6.45, 7) is 2.18. The van der Waals surface area contributed by atoms with Gasteiger partial charge in [-0.25, -0.2) is 10.2 Å². The van der Waals surface area contributed by atoms with E-state index in [0.29, 0.717) is 39.3 Å². The molecule has 0 spiro atoms. The number of benzene rings is 4. The molecule has 0 atom stereocenters. The highest BCUT2D eigenvalue weighted by Crippen LogP contribution is 2.37. The molecule has 9 heteroatoms. The lowest BCUT2D eigenvalue weighted by molar-refractivity contribution is 0.0729. The van der Waals surface area contributed by atoms with Crippen LogP contribution in [0.15, 0.2) is 86.8 Å². The van der Waals surface area contributed by atoms with Gasteiger partial charge in [-0.05, 0) is 75.6 Å². The lowest BCUT2D eigenvalue weighted by atomic mass is 10.0. The zero-order chi connectivity index (χ0) is 26.4. The molecule has 7 nitrogen and oxygen atoms in total. The van der Waals surface area contributed by atoms with Crippen LogP contribution in [-0.2, 0) is 0 Å². The summed E-state index contributed by atoms with van der Waals surface area (Å²) in [5.74, 6) is 0.0932. The first-order valence-corrected chi connectivity index (χ1v) is 12.8. The second kappa shape index (κ2) is 12.0. The topological polar surface area (TPSA) is 86.2 Å². The predicted molar refractivity (Wildman–Crippen MR) is 150 cm³/mol. The molecule has 4 aromatic rings. The quantitative estimate of drug-likeness (QED) is 0.101. The maximum atomic E-state index is 13.1. The van der Waals surface area contributed by atoms with Gasteiger partial charge in [0.05, 0.1) is 35.5 Å². The van der Waals surface area contributed by atoms with Crippen molar-refractivity contribution in [3.8, 4) is 17.2 Å². The molecule has 188 valence electrons. The summed E-state index contributed by atoms with van der Waals surface area (Å²) >= 11 is 6.83. The minimum absolute atomic E-state index is 0.250. The van der Waals surface area contributed by atoms with E-state index in [1.807, 2.05) is 43.3 Å². The Morgan fingerprint density at radius 1 is 0.946 bits per heavy atom. The molecule has 0 unspecified atom stereocenters. The number of nitrogens with one attached hydrogen (secondary N) is 1. The van der Waals surface area contributed by atoms with Crippen molar-refractivity contribution in [2.45, 2.75) is 6.92 Å². The average molecular weight is 626 g/mol. The van der Waals surface area contributed by atoms with E-state index in [-0.39, 0.29) is 5.75 Å². The van der Waals surface area contributed by atoms with E-state index in [9.17, 15) is 9.59 Å². The molecule has 4 aromatic carbocycles. The summed E-state index contributed by atoms with van der Waals surface area (Å²) in [5, 5.41) is 5.79. The summed E-state index contributed by atoms with van der Waals surface area (Å²) in [4.78, 5) is 25.7. The smallest absolute Gasteiger partial charge is 0.344 e. The van der Waals surface area contributed by atoms with Crippen molar-refractivity contribution < 1.29 is 23.8 Å². The summed E-state index contributed by atoms with van der Waals surface area (Å²) < 4.78 is 18.0. The highest BCUT2D eigenvalue weighted by atomic mass is 79.9. The summed E-state index contributed by atoms with van der Waals surface area (Å²) in [6.07, 6.45) is 1.46. The molecule has 37 heavy (non-hydrogen) atoms. The summed E-state index contributed by atoms with van der Waals surface area (Å²) in [6, 6.07) is 21.6. The maximum absolute atomic E-state index is 13.1. The number of fused-ring (bicyclic) bond motifs is 1. The minimum atomic E-state index is -0.505. The largest absolute Gasteiger partial charge is 0.496 e. The van der Waals surface area contributed by atoms with Crippen molar-refractivity contribution in [2.75, 3.05) is 13.7 Å². The molecule has 1 amide bonds. The SMILES string of the molecule is CCOc1cc(/C=N\NC(=O)c2cc(Br)ccc2OC)cc(Br)c1OC(=O)c1cccc2ccccc12. The number of hydrogen-bond acceptors (Lipinski definition) is 6. The third-order valence-corrected chi connectivity index (χ3v) is 6.40. The highest BCUT2D eigenvalue weighted by Gasteiger charge is 2.19. The van der Waals surface area contributed by atoms with E-state index in [2.05, 4.69) is 42.4 Å². The molecule has 0 aromatic heterocycles. The van der Waals surface area contributed by atoms with Gasteiger partial charge in [-0.3, -0.25) is 4.79 Å². The number of ether oxygens (including phenoxy) is 3. The first-order valence-electron chi connectivity index (χ1n) is 11.2. The van der Waals surface area contributed by atoms with E-state index in [0.717, 1.165) is 15.2 Å². The van der Waals surface area contributed by atoms with Crippen LogP contribution in [0.1, 0.15) is 33.2 Å². The van der Waals surface area contributed by atoms with Crippen LogP contribution >= 0.6 is 31.9 Å². The maximum Gasteiger partial charge on any atom is 0.344 e. The van der Waals surface area contributed by atoms with Crippen LogP contribution in [0.3, 0.4) is 0 Å². The Hall–Kier alpha value is -3.69. The monoisotopic (exact) mass is 624 g/mol.